The van der Waals surface area contributed by atoms with Crippen molar-refractivity contribution >= 4 is 23.3 Å². The molecule has 182 valence electrons. The third-order valence-corrected chi connectivity index (χ3v) is 8.19. The Morgan fingerprint density at radius 2 is 1.80 bits per heavy atom. The van der Waals surface area contributed by atoms with Crippen molar-refractivity contribution in [2.45, 2.75) is 32.0 Å². The van der Waals surface area contributed by atoms with E-state index in [9.17, 15) is 14.0 Å². The van der Waals surface area contributed by atoms with Crippen LogP contribution >= 0.6 is 11.3 Å². The topological polar surface area (TPSA) is 52.6 Å². The number of Topliss-reactive ketones (excluding diaryl/α,β-unsaturated/α-hetero) is 1. The largest absolute Gasteiger partial charge is 0.509 e. The summed E-state index contributed by atoms with van der Waals surface area (Å²) in [6, 6.07) is 17.5. The number of aryl methyl sites for hydroxylation is 1. The third-order valence-electron chi connectivity index (χ3n) is 7.27. The minimum absolute atomic E-state index is 0.146. The van der Waals surface area contributed by atoms with E-state index >= 15 is 0 Å². The molecule has 1 unspecified atom stereocenters. The summed E-state index contributed by atoms with van der Waals surface area (Å²) in [6.07, 6.45) is -0.00124. The van der Waals surface area contributed by atoms with Crippen LogP contribution in [0.2, 0.25) is 0 Å². The number of rotatable bonds is 7. The number of ketones is 1. The molecule has 35 heavy (non-hydrogen) atoms. The fourth-order valence-corrected chi connectivity index (χ4v) is 6.13. The average Bonchev–Trinajstić information content (AvgIpc) is 3.38. The highest BCUT2D eigenvalue weighted by Gasteiger charge is 2.49. The van der Waals surface area contributed by atoms with Crippen molar-refractivity contribution in [3.8, 4) is 0 Å². The van der Waals surface area contributed by atoms with Gasteiger partial charge in [0.1, 0.15) is 18.9 Å². The van der Waals surface area contributed by atoms with Crippen LogP contribution in [0.25, 0.3) is 0 Å². The fourth-order valence-electron chi connectivity index (χ4n) is 5.48. The molecule has 7 heteroatoms. The van der Waals surface area contributed by atoms with E-state index in [0.29, 0.717) is 23.1 Å². The molecule has 0 aliphatic carbocycles. The SMILES string of the molecule is Cc1cccc(C(OC(=O)O[C@H]2C[N+]3(CC(=O)c4cccs4)CCC2CC3)c2cccc(F)c2)c1. The first-order chi connectivity index (χ1) is 16.9. The Bertz CT molecular complexity index is 1160. The zero-order valence-electron chi connectivity index (χ0n) is 19.7. The Morgan fingerprint density at radius 3 is 2.49 bits per heavy atom. The maximum Gasteiger partial charge on any atom is 0.509 e. The first-order valence-corrected chi connectivity index (χ1v) is 12.9. The van der Waals surface area contributed by atoms with Crippen molar-refractivity contribution in [1.82, 2.24) is 0 Å². The molecule has 3 aliphatic rings. The predicted molar refractivity (Wildman–Crippen MR) is 132 cm³/mol. The number of hydrogen-bond acceptors (Lipinski definition) is 5. The first kappa shape index (κ1) is 23.7. The van der Waals surface area contributed by atoms with Gasteiger partial charge in [-0.25, -0.2) is 9.18 Å². The summed E-state index contributed by atoms with van der Waals surface area (Å²) in [6.45, 7) is 4.85. The number of carbonyl (C=O) groups excluding carboxylic acids is 2. The normalized spacial score (nSPS) is 24.1. The van der Waals surface area contributed by atoms with Crippen molar-refractivity contribution in [3.63, 3.8) is 0 Å². The second-order valence-corrected chi connectivity index (χ2v) is 10.7. The molecule has 2 atom stereocenters. The zero-order chi connectivity index (χ0) is 24.4. The lowest BCUT2D eigenvalue weighted by molar-refractivity contribution is -0.938. The number of quaternary nitrogens is 1. The monoisotopic (exact) mass is 494 g/mol. The van der Waals surface area contributed by atoms with Crippen LogP contribution < -0.4 is 0 Å². The summed E-state index contributed by atoms with van der Waals surface area (Å²) in [7, 11) is 0. The molecule has 6 rings (SSSR count). The molecule has 2 bridgehead atoms. The molecule has 0 amide bonds. The second-order valence-electron chi connectivity index (χ2n) is 9.74. The molecule has 5 nitrogen and oxygen atoms in total. The van der Waals surface area contributed by atoms with Gasteiger partial charge < -0.3 is 14.0 Å². The van der Waals surface area contributed by atoms with E-state index in [1.807, 2.05) is 48.7 Å². The number of piperidine rings is 3. The molecule has 1 aromatic heterocycles. The number of ether oxygens (including phenoxy) is 2. The van der Waals surface area contributed by atoms with E-state index in [-0.39, 0.29) is 17.8 Å². The van der Waals surface area contributed by atoms with Crippen LogP contribution in [0.3, 0.4) is 0 Å². The third kappa shape index (κ3) is 5.31. The van der Waals surface area contributed by atoms with Gasteiger partial charge in [0, 0.05) is 24.3 Å². The van der Waals surface area contributed by atoms with Crippen LogP contribution in [0.1, 0.15) is 45.3 Å². The molecular weight excluding hydrogens is 465 g/mol. The molecule has 3 saturated heterocycles. The summed E-state index contributed by atoms with van der Waals surface area (Å²) < 4.78 is 26.3. The van der Waals surface area contributed by atoms with Gasteiger partial charge in [0.2, 0.25) is 5.78 Å². The van der Waals surface area contributed by atoms with E-state index in [1.54, 1.807) is 12.1 Å². The highest BCUT2D eigenvalue weighted by molar-refractivity contribution is 7.12. The number of hydrogen-bond donors (Lipinski definition) is 0. The van der Waals surface area contributed by atoms with Crippen LogP contribution in [-0.2, 0) is 9.47 Å². The van der Waals surface area contributed by atoms with Crippen LogP contribution in [0.5, 0.6) is 0 Å². The van der Waals surface area contributed by atoms with Gasteiger partial charge in [-0.1, -0.05) is 48.0 Å². The summed E-state index contributed by atoms with van der Waals surface area (Å²) >= 11 is 1.47. The lowest BCUT2D eigenvalue weighted by Gasteiger charge is -2.51. The van der Waals surface area contributed by atoms with Crippen molar-refractivity contribution < 1.29 is 27.9 Å². The quantitative estimate of drug-likeness (QED) is 0.232. The molecule has 0 spiro atoms. The van der Waals surface area contributed by atoms with Gasteiger partial charge >= 0.3 is 6.16 Å². The van der Waals surface area contributed by atoms with Crippen LogP contribution in [0.15, 0.2) is 66.0 Å². The van der Waals surface area contributed by atoms with Gasteiger partial charge in [-0.3, -0.25) is 4.79 Å². The number of thiophene rings is 1. The first-order valence-electron chi connectivity index (χ1n) is 12.0. The second kappa shape index (κ2) is 9.91. The van der Waals surface area contributed by atoms with Gasteiger partial charge in [0.25, 0.3) is 0 Å². The van der Waals surface area contributed by atoms with E-state index in [4.69, 9.17) is 9.47 Å². The molecule has 0 radical (unpaired) electrons. The fraction of sp³-hybridized carbons (Fsp3) is 0.357. The van der Waals surface area contributed by atoms with Crippen LogP contribution in [-0.4, -0.2) is 48.7 Å². The Hall–Kier alpha value is -3.03. The Kier molecular flexibility index (Phi) is 6.71. The molecular formula is C28H29FNO4S+. The van der Waals surface area contributed by atoms with E-state index < -0.39 is 18.1 Å². The number of benzene rings is 2. The average molecular weight is 495 g/mol. The predicted octanol–water partition coefficient (Wildman–Crippen LogP) is 5.93. The standard InChI is InChI=1S/C28H29FNO4S/c1-19-5-2-6-21(15-19)27(22-7-3-8-23(29)16-22)34-28(32)33-25-18-30(12-10-20(25)11-13-30)17-24(31)26-9-4-14-35-26/h2-9,14-16,20,25,27H,10-13,17-18H2,1H3/q+1/t20?,25-,27?,30?/m0/s1. The molecule has 0 N–H and O–H groups in total. The Balaban J connectivity index is 1.30. The molecule has 3 aromatic rings. The number of carbonyl (C=O) groups is 2. The van der Waals surface area contributed by atoms with Crippen molar-refractivity contribution in [3.05, 3.63) is 93.4 Å². The van der Waals surface area contributed by atoms with E-state index in [0.717, 1.165) is 41.9 Å². The van der Waals surface area contributed by atoms with Crippen molar-refractivity contribution in [1.29, 1.82) is 0 Å². The highest BCUT2D eigenvalue weighted by atomic mass is 32.1. The lowest BCUT2D eigenvalue weighted by Crippen LogP contribution is -2.65. The number of fused-ring (bicyclic) bond motifs is 3. The molecule has 3 aliphatic heterocycles. The van der Waals surface area contributed by atoms with Crippen molar-refractivity contribution in [2.75, 3.05) is 26.2 Å². The highest BCUT2D eigenvalue weighted by Crippen LogP contribution is 2.37. The van der Waals surface area contributed by atoms with Gasteiger partial charge in [-0.05, 0) is 36.1 Å². The van der Waals surface area contributed by atoms with Gasteiger partial charge in [-0.15, -0.1) is 11.3 Å². The maximum atomic E-state index is 14.0. The minimum atomic E-state index is -0.775. The maximum absolute atomic E-state index is 14.0. The summed E-state index contributed by atoms with van der Waals surface area (Å²) in [5.74, 6) is 0.0228. The van der Waals surface area contributed by atoms with Gasteiger partial charge in [0.05, 0.1) is 18.0 Å². The zero-order valence-corrected chi connectivity index (χ0v) is 20.5. The Labute approximate surface area is 208 Å². The molecule has 0 saturated carbocycles. The number of nitrogens with zero attached hydrogens (tertiary/aromatic N) is 1. The van der Waals surface area contributed by atoms with Crippen LogP contribution in [0.4, 0.5) is 9.18 Å². The smallest absolute Gasteiger partial charge is 0.425 e. The lowest BCUT2D eigenvalue weighted by atomic mass is 9.83. The van der Waals surface area contributed by atoms with Crippen LogP contribution in [0, 0.1) is 18.7 Å². The molecule has 4 heterocycles. The van der Waals surface area contributed by atoms with Crippen molar-refractivity contribution in [2.24, 2.45) is 5.92 Å². The number of halogens is 1. The Morgan fingerprint density at radius 1 is 1.06 bits per heavy atom. The van der Waals surface area contributed by atoms with E-state index in [2.05, 4.69) is 0 Å². The summed E-state index contributed by atoms with van der Waals surface area (Å²) in [5, 5.41) is 1.92. The summed E-state index contributed by atoms with van der Waals surface area (Å²) in [4.78, 5) is 26.6. The van der Waals surface area contributed by atoms with Gasteiger partial charge in [0.15, 0.2) is 12.2 Å². The van der Waals surface area contributed by atoms with Gasteiger partial charge in [-0.2, -0.15) is 0 Å². The summed E-state index contributed by atoms with van der Waals surface area (Å²) in [5.41, 5.74) is 2.32. The molecule has 3 fully saturated rings. The van der Waals surface area contributed by atoms with E-state index in [1.165, 1.54) is 23.5 Å². The minimum Gasteiger partial charge on any atom is -0.425 e. The molecule has 2 aromatic carbocycles.